The average Bonchev–Trinajstić information content (AvgIpc) is 2.16. The Morgan fingerprint density at radius 2 is 2.21 bits per heavy atom. The third kappa shape index (κ3) is 3.16. The van der Waals surface area contributed by atoms with E-state index in [1.54, 1.807) is 7.11 Å². The summed E-state index contributed by atoms with van der Waals surface area (Å²) in [7, 11) is 1.66. The van der Waals surface area contributed by atoms with Crippen LogP contribution < -0.4 is 10.5 Å². The molecule has 0 heterocycles. The highest BCUT2D eigenvalue weighted by Crippen LogP contribution is 2.23. The van der Waals surface area contributed by atoms with E-state index in [1.165, 1.54) is 0 Å². The monoisotopic (exact) mass is 255 g/mol. The Balaban J connectivity index is 2.94. The Morgan fingerprint density at radius 1 is 1.50 bits per heavy atom. The lowest BCUT2D eigenvalue weighted by Gasteiger charge is -2.03. The fraction of sp³-hybridized carbons (Fsp3) is 0.273. The maximum atomic E-state index is 5.63. The molecule has 0 saturated heterocycles. The zero-order valence-corrected chi connectivity index (χ0v) is 9.91. The van der Waals surface area contributed by atoms with Crippen molar-refractivity contribution in [2.45, 2.75) is 13.0 Å². The molecule has 0 aromatic heterocycles. The Morgan fingerprint density at radius 3 is 2.79 bits per heavy atom. The lowest BCUT2D eigenvalue weighted by molar-refractivity contribution is 0.414. The summed E-state index contributed by atoms with van der Waals surface area (Å²) in [5.41, 5.74) is 6.70. The van der Waals surface area contributed by atoms with Crippen molar-refractivity contribution in [3.8, 4) is 5.75 Å². The van der Waals surface area contributed by atoms with Crippen molar-refractivity contribution in [3.63, 3.8) is 0 Å². The highest BCUT2D eigenvalue weighted by molar-refractivity contribution is 9.10. The van der Waals surface area contributed by atoms with Gasteiger partial charge in [0.05, 0.1) is 7.11 Å². The van der Waals surface area contributed by atoms with Crippen molar-refractivity contribution in [1.82, 2.24) is 0 Å². The van der Waals surface area contributed by atoms with E-state index in [9.17, 15) is 0 Å². The van der Waals surface area contributed by atoms with Crippen molar-refractivity contribution >= 4 is 22.0 Å². The van der Waals surface area contributed by atoms with Crippen molar-refractivity contribution in [3.05, 3.63) is 34.3 Å². The van der Waals surface area contributed by atoms with Crippen LogP contribution in [0.15, 0.2) is 28.7 Å². The van der Waals surface area contributed by atoms with Gasteiger partial charge in [-0.05, 0) is 30.7 Å². The maximum Gasteiger partial charge on any atom is 0.119 e. The minimum absolute atomic E-state index is 0.0631. The van der Waals surface area contributed by atoms with Gasteiger partial charge in [0, 0.05) is 10.5 Å². The number of methoxy groups -OCH3 is 1. The number of nitrogens with two attached hydrogens (primary N) is 1. The van der Waals surface area contributed by atoms with Crippen LogP contribution in [0.3, 0.4) is 0 Å². The molecule has 0 radical (unpaired) electrons. The second-order valence-corrected chi connectivity index (χ2v) is 3.96. The lowest BCUT2D eigenvalue weighted by Crippen LogP contribution is -2.09. The van der Waals surface area contributed by atoms with Gasteiger partial charge in [0.15, 0.2) is 0 Å². The van der Waals surface area contributed by atoms with Gasteiger partial charge in [-0.15, -0.1) is 0 Å². The standard InChI is InChI=1S/C11H14BrNO/c1-8(13)3-4-9-7-10(14-2)5-6-11(9)12/h3-8H,13H2,1-2H3/b4-3+. The Kier molecular flexibility index (Phi) is 4.17. The van der Waals surface area contributed by atoms with Crippen LogP contribution in [0.2, 0.25) is 0 Å². The third-order valence-electron chi connectivity index (χ3n) is 1.78. The van der Waals surface area contributed by atoms with Gasteiger partial charge in [-0.3, -0.25) is 0 Å². The molecule has 0 amide bonds. The summed E-state index contributed by atoms with van der Waals surface area (Å²) in [5, 5.41) is 0. The molecule has 1 atom stereocenters. The van der Waals surface area contributed by atoms with E-state index in [4.69, 9.17) is 10.5 Å². The molecule has 1 aromatic carbocycles. The van der Waals surface area contributed by atoms with Crippen molar-refractivity contribution < 1.29 is 4.74 Å². The van der Waals surface area contributed by atoms with Gasteiger partial charge >= 0.3 is 0 Å². The molecule has 1 unspecified atom stereocenters. The second kappa shape index (κ2) is 5.17. The molecule has 0 aliphatic heterocycles. The first-order valence-electron chi connectivity index (χ1n) is 4.41. The molecule has 0 aliphatic carbocycles. The van der Waals surface area contributed by atoms with Crippen LogP contribution in [0, 0.1) is 0 Å². The summed E-state index contributed by atoms with van der Waals surface area (Å²) in [6.07, 6.45) is 3.93. The van der Waals surface area contributed by atoms with Gasteiger partial charge in [-0.25, -0.2) is 0 Å². The van der Waals surface area contributed by atoms with Crippen molar-refractivity contribution in [2.75, 3.05) is 7.11 Å². The molecule has 0 spiro atoms. The van der Waals surface area contributed by atoms with Crippen LogP contribution >= 0.6 is 15.9 Å². The third-order valence-corrected chi connectivity index (χ3v) is 2.50. The van der Waals surface area contributed by atoms with E-state index in [1.807, 2.05) is 37.3 Å². The number of ether oxygens (including phenoxy) is 1. The normalized spacial score (nSPS) is 13.1. The second-order valence-electron chi connectivity index (χ2n) is 3.11. The average molecular weight is 256 g/mol. The fourth-order valence-electron chi connectivity index (χ4n) is 1.03. The fourth-order valence-corrected chi connectivity index (χ4v) is 1.41. The largest absolute Gasteiger partial charge is 0.497 e. The summed E-state index contributed by atoms with van der Waals surface area (Å²) >= 11 is 3.46. The van der Waals surface area contributed by atoms with Crippen LogP contribution in [0.25, 0.3) is 6.08 Å². The minimum atomic E-state index is 0.0631. The molecule has 0 fully saturated rings. The van der Waals surface area contributed by atoms with E-state index in [2.05, 4.69) is 15.9 Å². The Bertz CT molecular complexity index is 334. The summed E-state index contributed by atoms with van der Waals surface area (Å²) in [4.78, 5) is 0. The first-order chi connectivity index (χ1) is 6.63. The maximum absolute atomic E-state index is 5.63. The van der Waals surface area contributed by atoms with Crippen molar-refractivity contribution in [2.24, 2.45) is 5.73 Å². The first kappa shape index (κ1) is 11.3. The zero-order chi connectivity index (χ0) is 10.6. The summed E-state index contributed by atoms with van der Waals surface area (Å²) in [6, 6.07) is 5.89. The van der Waals surface area contributed by atoms with E-state index >= 15 is 0 Å². The predicted octanol–water partition coefficient (Wildman–Crippen LogP) is 2.82. The van der Waals surface area contributed by atoms with E-state index in [-0.39, 0.29) is 6.04 Å². The van der Waals surface area contributed by atoms with Gasteiger partial charge in [0.2, 0.25) is 0 Å². The van der Waals surface area contributed by atoms with Crippen molar-refractivity contribution in [1.29, 1.82) is 0 Å². The quantitative estimate of drug-likeness (QED) is 0.902. The molecule has 1 aromatic rings. The molecule has 2 nitrogen and oxygen atoms in total. The number of hydrogen-bond acceptors (Lipinski definition) is 2. The molecule has 0 saturated carbocycles. The molecule has 3 heteroatoms. The lowest BCUT2D eigenvalue weighted by atomic mass is 10.2. The van der Waals surface area contributed by atoms with Crippen LogP contribution in [-0.2, 0) is 0 Å². The molecular weight excluding hydrogens is 242 g/mol. The number of halogens is 1. The number of hydrogen-bond donors (Lipinski definition) is 1. The van der Waals surface area contributed by atoms with Gasteiger partial charge in [0.25, 0.3) is 0 Å². The number of benzene rings is 1. The zero-order valence-electron chi connectivity index (χ0n) is 8.33. The van der Waals surface area contributed by atoms with E-state index < -0.39 is 0 Å². The molecular formula is C11H14BrNO. The number of rotatable bonds is 3. The molecule has 0 bridgehead atoms. The summed E-state index contributed by atoms with van der Waals surface area (Å²) in [5.74, 6) is 0.845. The van der Waals surface area contributed by atoms with Crippen LogP contribution in [0.1, 0.15) is 12.5 Å². The van der Waals surface area contributed by atoms with Gasteiger partial charge in [-0.1, -0.05) is 28.1 Å². The molecule has 0 aliphatic rings. The van der Waals surface area contributed by atoms with Gasteiger partial charge in [0.1, 0.15) is 5.75 Å². The highest BCUT2D eigenvalue weighted by Gasteiger charge is 1.98. The van der Waals surface area contributed by atoms with E-state index in [0.717, 1.165) is 15.8 Å². The Labute approximate surface area is 92.9 Å². The predicted molar refractivity (Wildman–Crippen MR) is 63.4 cm³/mol. The summed E-state index contributed by atoms with van der Waals surface area (Å²) < 4.78 is 6.17. The molecule has 76 valence electrons. The van der Waals surface area contributed by atoms with Crippen LogP contribution in [-0.4, -0.2) is 13.2 Å². The summed E-state index contributed by atoms with van der Waals surface area (Å²) in [6.45, 7) is 1.94. The van der Waals surface area contributed by atoms with Gasteiger partial charge in [-0.2, -0.15) is 0 Å². The topological polar surface area (TPSA) is 35.2 Å². The SMILES string of the molecule is COc1ccc(Br)c(/C=C/C(C)N)c1. The molecule has 14 heavy (non-hydrogen) atoms. The van der Waals surface area contributed by atoms with E-state index in [0.29, 0.717) is 0 Å². The molecule has 2 N–H and O–H groups in total. The minimum Gasteiger partial charge on any atom is -0.497 e. The smallest absolute Gasteiger partial charge is 0.119 e. The van der Waals surface area contributed by atoms with Crippen LogP contribution in [0.4, 0.5) is 0 Å². The van der Waals surface area contributed by atoms with Crippen LogP contribution in [0.5, 0.6) is 5.75 Å². The molecule has 1 rings (SSSR count). The van der Waals surface area contributed by atoms with Gasteiger partial charge < -0.3 is 10.5 Å². The first-order valence-corrected chi connectivity index (χ1v) is 5.20. The highest BCUT2D eigenvalue weighted by atomic mass is 79.9. The Hall–Kier alpha value is -0.800.